The van der Waals surface area contributed by atoms with Crippen LogP contribution in [-0.2, 0) is 50.8 Å². The average Bonchev–Trinajstić information content (AvgIpc) is 3.16. The van der Waals surface area contributed by atoms with Gasteiger partial charge in [0.2, 0.25) is 0 Å². The van der Waals surface area contributed by atoms with Crippen LogP contribution in [0.25, 0.3) is 9.69 Å². The van der Waals surface area contributed by atoms with Crippen LogP contribution >= 0.6 is 0 Å². The average molecular weight is 738 g/mol. The topological polar surface area (TPSA) is 101 Å². The zero-order valence-corrected chi connectivity index (χ0v) is 32.2. The Balaban J connectivity index is 0.000000294. The minimum Gasteiger partial charge on any atom is -0.457 e. The Labute approximate surface area is 320 Å². The van der Waals surface area contributed by atoms with Gasteiger partial charge in [-0.3, -0.25) is 0 Å². The van der Waals surface area contributed by atoms with E-state index in [4.69, 9.17) is 60.2 Å². The van der Waals surface area contributed by atoms with Crippen molar-refractivity contribution >= 4 is 36.5 Å². The summed E-state index contributed by atoms with van der Waals surface area (Å²) in [4.78, 5) is 6.75. The van der Waals surface area contributed by atoms with Crippen LogP contribution in [0.3, 0.4) is 0 Å². The molecule has 0 unspecified atom stereocenters. The molecule has 0 saturated carbocycles. The highest BCUT2D eigenvalue weighted by molar-refractivity contribution is 6.62. The fraction of sp³-hybridized carbons (Fsp3) is 0.350. The number of methoxy groups -OCH3 is 2. The Hall–Kier alpha value is -4.73. The summed E-state index contributed by atoms with van der Waals surface area (Å²) >= 11 is 0. The Morgan fingerprint density at radius 2 is 0.889 bits per heavy atom. The minimum atomic E-state index is -0.511. The molecule has 0 amide bonds. The zero-order valence-electron chi connectivity index (χ0n) is 32.2. The molecule has 0 N–H and O–H groups in total. The van der Waals surface area contributed by atoms with Gasteiger partial charge in [-0.15, -0.1) is 0 Å². The molecule has 0 bridgehead atoms. The fourth-order valence-electron chi connectivity index (χ4n) is 4.94. The van der Waals surface area contributed by atoms with E-state index in [0.29, 0.717) is 47.6 Å². The Kier molecular flexibility index (Phi) is 19.3. The van der Waals surface area contributed by atoms with Gasteiger partial charge in [-0.05, 0) is 98.3 Å². The van der Waals surface area contributed by atoms with Crippen LogP contribution in [-0.4, -0.2) is 68.5 Å². The van der Waals surface area contributed by atoms with Crippen LogP contribution in [0, 0.1) is 13.1 Å². The maximum atomic E-state index is 7.04. The normalized spacial score (nSPS) is 10.7. The summed E-state index contributed by atoms with van der Waals surface area (Å²) in [5.74, 6) is 2.62. The molecular weight excluding hydrogens is 690 g/mol. The third-order valence-corrected chi connectivity index (χ3v) is 7.28. The molecule has 0 aliphatic rings. The predicted octanol–water partition coefficient (Wildman–Crippen LogP) is 7.83. The van der Waals surface area contributed by atoms with E-state index in [1.165, 1.54) is 0 Å². The molecule has 4 aromatic carbocycles. The zero-order chi connectivity index (χ0) is 39.3. The van der Waals surface area contributed by atoms with Crippen LogP contribution in [0.2, 0.25) is 0 Å². The van der Waals surface area contributed by atoms with Crippen molar-refractivity contribution in [2.45, 2.75) is 53.1 Å². The van der Waals surface area contributed by atoms with E-state index in [-0.39, 0.29) is 25.8 Å². The molecule has 0 fully saturated rings. The highest BCUT2D eigenvalue weighted by Gasteiger charge is 2.27. The summed E-state index contributed by atoms with van der Waals surface area (Å²) in [6.45, 7) is 23.0. The fourth-order valence-corrected chi connectivity index (χ4v) is 4.94. The van der Waals surface area contributed by atoms with E-state index in [9.17, 15) is 0 Å². The molecule has 4 aromatic rings. The maximum absolute atomic E-state index is 7.04. The van der Waals surface area contributed by atoms with Crippen LogP contribution < -0.4 is 20.4 Å². The smallest absolute Gasteiger partial charge is 0.457 e. The Morgan fingerprint density at radius 1 is 0.519 bits per heavy atom. The largest absolute Gasteiger partial charge is 0.494 e. The van der Waals surface area contributed by atoms with Gasteiger partial charge < -0.3 is 47.0 Å². The van der Waals surface area contributed by atoms with Crippen molar-refractivity contribution in [3.05, 3.63) is 119 Å². The van der Waals surface area contributed by atoms with Crippen LogP contribution in [0.1, 0.15) is 38.8 Å². The van der Waals surface area contributed by atoms with Crippen LogP contribution in [0.15, 0.2) is 84.9 Å². The van der Waals surface area contributed by atoms with Gasteiger partial charge in [-0.2, -0.15) is 0 Å². The second kappa shape index (κ2) is 23.8. The molecular formula is C40H48B2N2O10. The molecule has 0 radical (unpaired) electrons. The molecule has 0 aliphatic heterocycles. The number of hydrogen-bond donors (Lipinski definition) is 0. The van der Waals surface area contributed by atoms with Crippen molar-refractivity contribution in [2.75, 3.05) is 42.0 Å². The van der Waals surface area contributed by atoms with Gasteiger partial charge in [0, 0.05) is 40.6 Å². The summed E-state index contributed by atoms with van der Waals surface area (Å²) in [5, 5.41) is 0. The molecule has 54 heavy (non-hydrogen) atoms. The first-order chi connectivity index (χ1) is 26.1. The number of nitrogens with zero attached hydrogens (tertiary/aromatic N) is 2. The third-order valence-electron chi connectivity index (χ3n) is 7.28. The van der Waals surface area contributed by atoms with E-state index >= 15 is 0 Å². The molecule has 0 saturated heterocycles. The summed E-state index contributed by atoms with van der Waals surface area (Å²) in [7, 11) is 5.31. The molecule has 14 heteroatoms. The second-order valence-electron chi connectivity index (χ2n) is 12.2. The number of ether oxygens (including phenoxy) is 6. The van der Waals surface area contributed by atoms with Gasteiger partial charge in [-0.1, -0.05) is 36.4 Å². The van der Waals surface area contributed by atoms with Gasteiger partial charge in [0.25, 0.3) is 0 Å². The van der Waals surface area contributed by atoms with Gasteiger partial charge in [-0.25, -0.2) is 9.69 Å². The number of rotatable bonds is 20. The lowest BCUT2D eigenvalue weighted by Crippen LogP contribution is -2.42. The monoisotopic (exact) mass is 738 g/mol. The lowest BCUT2D eigenvalue weighted by atomic mass is 9.75. The standard InChI is InChI=1S/C22H28BNO5.C18H20BNO5/c1-16(2)28-23(29-17(3)4)22-12-11-21(13-18(22)14-26-15-25-6)27-20-9-7-19(24-5)8-10-20;1-20-15-5-7-16(8-6-15)25-17-9-10-18(19(22-3)23-4)14(11-17)12-24-13-21-2/h7-13,16-17H,14-15H2,1-4,6H3;5-11H,12-13H2,2-4H3. The summed E-state index contributed by atoms with van der Waals surface area (Å²) in [6.07, 6.45) is 0.00627. The van der Waals surface area contributed by atoms with Crippen LogP contribution in [0.4, 0.5) is 11.4 Å². The van der Waals surface area contributed by atoms with Gasteiger partial charge in [0.1, 0.15) is 36.6 Å². The van der Waals surface area contributed by atoms with Crippen molar-refractivity contribution in [2.24, 2.45) is 0 Å². The van der Waals surface area contributed by atoms with Crippen molar-refractivity contribution in [3.8, 4) is 23.0 Å². The summed E-state index contributed by atoms with van der Waals surface area (Å²) in [5.41, 5.74) is 4.65. The van der Waals surface area contributed by atoms with E-state index in [2.05, 4.69) is 9.69 Å². The summed E-state index contributed by atoms with van der Waals surface area (Å²) in [6, 6.07) is 25.2. The van der Waals surface area contributed by atoms with E-state index in [1.807, 2.05) is 64.1 Å². The quantitative estimate of drug-likeness (QED) is 0.0386. The van der Waals surface area contributed by atoms with E-state index in [0.717, 1.165) is 22.1 Å². The molecule has 0 heterocycles. The lowest BCUT2D eigenvalue weighted by Gasteiger charge is -2.22. The Morgan fingerprint density at radius 3 is 1.22 bits per heavy atom. The predicted molar refractivity (Wildman–Crippen MR) is 209 cm³/mol. The highest BCUT2D eigenvalue weighted by atomic mass is 16.7. The van der Waals surface area contributed by atoms with E-state index < -0.39 is 14.2 Å². The lowest BCUT2D eigenvalue weighted by molar-refractivity contribution is -0.0390. The van der Waals surface area contributed by atoms with Gasteiger partial charge in [0.15, 0.2) is 11.4 Å². The van der Waals surface area contributed by atoms with E-state index in [1.54, 1.807) is 77.0 Å². The van der Waals surface area contributed by atoms with Crippen LogP contribution in [0.5, 0.6) is 23.0 Å². The first-order valence-corrected chi connectivity index (χ1v) is 17.2. The first kappa shape index (κ1) is 43.7. The molecule has 12 nitrogen and oxygen atoms in total. The molecule has 0 atom stereocenters. The molecule has 0 spiro atoms. The third kappa shape index (κ3) is 14.6. The highest BCUT2D eigenvalue weighted by Crippen LogP contribution is 2.26. The van der Waals surface area contributed by atoms with Crippen molar-refractivity contribution < 1.29 is 47.0 Å². The number of hydrogen-bond acceptors (Lipinski definition) is 10. The minimum absolute atomic E-state index is 0.00313. The maximum Gasteiger partial charge on any atom is 0.494 e. The first-order valence-electron chi connectivity index (χ1n) is 17.2. The van der Waals surface area contributed by atoms with Crippen molar-refractivity contribution in [1.82, 2.24) is 0 Å². The second-order valence-corrected chi connectivity index (χ2v) is 12.2. The van der Waals surface area contributed by atoms with Gasteiger partial charge in [0.05, 0.1) is 26.4 Å². The molecule has 4 rings (SSSR count). The van der Waals surface area contributed by atoms with Crippen molar-refractivity contribution in [3.63, 3.8) is 0 Å². The SMILES string of the molecule is [C-]#[N+]c1ccc(Oc2ccc(B(OC(C)C)OC(C)C)c(COCOC)c2)cc1.[C-]#[N+]c1ccc(Oc2ccc(B(OC)OC)c(COCOC)c2)cc1. The molecule has 0 aromatic heterocycles. The van der Waals surface area contributed by atoms with Crippen molar-refractivity contribution in [1.29, 1.82) is 0 Å². The Bertz CT molecular complexity index is 1760. The molecule has 0 aliphatic carbocycles. The number of benzene rings is 4. The van der Waals surface area contributed by atoms with Gasteiger partial charge >= 0.3 is 14.2 Å². The summed E-state index contributed by atoms with van der Waals surface area (Å²) < 4.78 is 55.5. The molecule has 284 valence electrons.